The number of hydrogen-bond acceptors (Lipinski definition) is 4. The van der Waals surface area contributed by atoms with E-state index in [0.717, 1.165) is 11.4 Å². The fourth-order valence-corrected chi connectivity index (χ4v) is 1.12. The maximum Gasteiger partial charge on any atom is 0.169 e. The predicted octanol–water partition coefficient (Wildman–Crippen LogP) is 0.651. The average molecular weight is 151 g/mol. The maximum absolute atomic E-state index is 5.44. The van der Waals surface area contributed by atoms with Crippen LogP contribution in [0.15, 0.2) is 12.4 Å². The van der Waals surface area contributed by atoms with Crippen LogP contribution in [0.1, 0.15) is 6.92 Å². The largest absolute Gasteiger partial charge is 0.467 e. The summed E-state index contributed by atoms with van der Waals surface area (Å²) in [5.41, 5.74) is 1.01. The molecule has 1 aliphatic heterocycles. The lowest BCUT2D eigenvalue weighted by Gasteiger charge is -2.14. The second-order valence-corrected chi connectivity index (χ2v) is 2.57. The van der Waals surface area contributed by atoms with Gasteiger partial charge in [-0.1, -0.05) is 0 Å². The number of hydrogen-bond donors (Lipinski definition) is 0. The monoisotopic (exact) mass is 151 g/mol. The summed E-state index contributed by atoms with van der Waals surface area (Å²) in [6.45, 7) is 1.99. The van der Waals surface area contributed by atoms with E-state index in [4.69, 9.17) is 4.74 Å². The van der Waals surface area contributed by atoms with E-state index < -0.39 is 0 Å². The van der Waals surface area contributed by atoms with Crippen LogP contribution in [0.4, 0.5) is 5.69 Å². The Kier molecular flexibility index (Phi) is 1.21. The molecule has 0 aromatic carbocycles. The summed E-state index contributed by atoms with van der Waals surface area (Å²) in [4.78, 5) is 2.02. The molecule has 1 aromatic heterocycles. The normalized spacial score (nSPS) is 21.3. The molecule has 4 nitrogen and oxygen atoms in total. The second kappa shape index (κ2) is 2.08. The number of fused-ring (bicyclic) bond motifs is 1. The van der Waals surface area contributed by atoms with Gasteiger partial charge >= 0.3 is 0 Å². The molecule has 0 radical (unpaired) electrons. The van der Waals surface area contributed by atoms with Crippen molar-refractivity contribution in [2.24, 2.45) is 0 Å². The van der Waals surface area contributed by atoms with Gasteiger partial charge in [-0.2, -0.15) is 10.2 Å². The van der Waals surface area contributed by atoms with Crippen molar-refractivity contribution in [2.45, 2.75) is 13.2 Å². The van der Waals surface area contributed by atoms with Crippen LogP contribution in [0, 0.1) is 0 Å². The Morgan fingerprint density at radius 1 is 1.45 bits per heavy atom. The standard InChI is InChI=1S/C7H9N3O/c1-5-10(2)6-3-8-9-4-7(6)11-5/h3-5H,1-2H3. The molecule has 0 saturated carbocycles. The van der Waals surface area contributed by atoms with Crippen molar-refractivity contribution in [3.8, 4) is 5.75 Å². The lowest BCUT2D eigenvalue weighted by Crippen LogP contribution is -2.27. The Bertz CT molecular complexity index is 276. The SMILES string of the molecule is CC1Oc2cnncc2N1C. The summed E-state index contributed by atoms with van der Waals surface area (Å²) in [5.74, 6) is 0.815. The Hall–Kier alpha value is -1.32. The molecule has 0 amide bonds. The van der Waals surface area contributed by atoms with Crippen molar-refractivity contribution in [1.29, 1.82) is 0 Å². The van der Waals surface area contributed by atoms with E-state index in [2.05, 4.69) is 10.2 Å². The van der Waals surface area contributed by atoms with E-state index in [-0.39, 0.29) is 6.23 Å². The van der Waals surface area contributed by atoms with E-state index in [1.807, 2.05) is 18.9 Å². The van der Waals surface area contributed by atoms with E-state index >= 15 is 0 Å². The van der Waals surface area contributed by atoms with Gasteiger partial charge in [0.05, 0.1) is 12.4 Å². The minimum absolute atomic E-state index is 0.0935. The minimum atomic E-state index is 0.0935. The number of aromatic nitrogens is 2. The quantitative estimate of drug-likeness (QED) is 0.545. The van der Waals surface area contributed by atoms with Crippen LogP contribution in [0.25, 0.3) is 0 Å². The zero-order chi connectivity index (χ0) is 7.84. The molecule has 2 rings (SSSR count). The molecule has 0 aliphatic carbocycles. The minimum Gasteiger partial charge on any atom is -0.467 e. The molecule has 1 unspecified atom stereocenters. The van der Waals surface area contributed by atoms with Gasteiger partial charge in [-0.25, -0.2) is 0 Å². The van der Waals surface area contributed by atoms with Gasteiger partial charge in [-0.15, -0.1) is 0 Å². The third-order valence-corrected chi connectivity index (χ3v) is 1.90. The summed E-state index contributed by atoms with van der Waals surface area (Å²) in [5, 5.41) is 7.49. The third-order valence-electron chi connectivity index (χ3n) is 1.90. The molecular weight excluding hydrogens is 142 g/mol. The topological polar surface area (TPSA) is 38.3 Å². The first-order valence-corrected chi connectivity index (χ1v) is 3.49. The molecule has 0 fully saturated rings. The fraction of sp³-hybridized carbons (Fsp3) is 0.429. The average Bonchev–Trinajstić information content (AvgIpc) is 2.30. The first kappa shape index (κ1) is 6.39. The van der Waals surface area contributed by atoms with Gasteiger partial charge in [0.2, 0.25) is 0 Å². The molecule has 58 valence electrons. The molecule has 0 saturated heterocycles. The van der Waals surface area contributed by atoms with Gasteiger partial charge in [0.15, 0.2) is 12.0 Å². The lowest BCUT2D eigenvalue weighted by atomic mass is 10.4. The summed E-state index contributed by atoms with van der Waals surface area (Å²) >= 11 is 0. The molecule has 1 aliphatic rings. The number of rotatable bonds is 0. The van der Waals surface area contributed by atoms with Crippen LogP contribution >= 0.6 is 0 Å². The lowest BCUT2D eigenvalue weighted by molar-refractivity contribution is 0.250. The molecule has 0 bridgehead atoms. The highest BCUT2D eigenvalue weighted by molar-refractivity contribution is 5.58. The van der Waals surface area contributed by atoms with E-state index in [9.17, 15) is 0 Å². The molecule has 1 atom stereocenters. The molecule has 2 heterocycles. The summed E-state index contributed by atoms with van der Waals surface area (Å²) in [6.07, 6.45) is 3.43. The molecule has 1 aromatic rings. The van der Waals surface area contributed by atoms with Crippen LogP contribution in [-0.2, 0) is 0 Å². The molecule has 0 N–H and O–H groups in total. The van der Waals surface area contributed by atoms with Crippen LogP contribution in [0.2, 0.25) is 0 Å². The maximum atomic E-state index is 5.44. The van der Waals surface area contributed by atoms with Crippen LogP contribution in [-0.4, -0.2) is 23.5 Å². The molecule has 0 spiro atoms. The number of anilines is 1. The third kappa shape index (κ3) is 0.824. The van der Waals surface area contributed by atoms with Gasteiger partial charge in [-0.3, -0.25) is 0 Å². The summed E-state index contributed by atoms with van der Waals surface area (Å²) in [7, 11) is 1.97. The van der Waals surface area contributed by atoms with Crippen molar-refractivity contribution in [3.05, 3.63) is 12.4 Å². The number of nitrogens with zero attached hydrogens (tertiary/aromatic N) is 3. The van der Waals surface area contributed by atoms with E-state index in [0.29, 0.717) is 0 Å². The Morgan fingerprint density at radius 2 is 2.18 bits per heavy atom. The molecular formula is C7H9N3O. The Labute approximate surface area is 64.8 Å². The van der Waals surface area contributed by atoms with Crippen molar-refractivity contribution < 1.29 is 4.74 Å². The zero-order valence-electron chi connectivity index (χ0n) is 6.48. The van der Waals surface area contributed by atoms with E-state index in [1.165, 1.54) is 0 Å². The van der Waals surface area contributed by atoms with Crippen molar-refractivity contribution in [3.63, 3.8) is 0 Å². The number of ether oxygens (including phenoxy) is 1. The van der Waals surface area contributed by atoms with Crippen LogP contribution < -0.4 is 9.64 Å². The Balaban J connectivity index is 2.47. The van der Waals surface area contributed by atoms with Crippen molar-refractivity contribution >= 4 is 5.69 Å². The van der Waals surface area contributed by atoms with Crippen LogP contribution in [0.3, 0.4) is 0 Å². The van der Waals surface area contributed by atoms with Crippen molar-refractivity contribution in [2.75, 3.05) is 11.9 Å². The smallest absolute Gasteiger partial charge is 0.169 e. The summed E-state index contributed by atoms with van der Waals surface area (Å²) in [6, 6.07) is 0. The highest BCUT2D eigenvalue weighted by Gasteiger charge is 2.23. The van der Waals surface area contributed by atoms with Crippen LogP contribution in [0.5, 0.6) is 5.75 Å². The zero-order valence-corrected chi connectivity index (χ0v) is 6.48. The first-order valence-electron chi connectivity index (χ1n) is 3.49. The fourth-order valence-electron chi connectivity index (χ4n) is 1.12. The van der Waals surface area contributed by atoms with Crippen molar-refractivity contribution in [1.82, 2.24) is 10.2 Å². The van der Waals surface area contributed by atoms with Gasteiger partial charge in [-0.05, 0) is 6.92 Å². The first-order chi connectivity index (χ1) is 5.29. The van der Waals surface area contributed by atoms with Gasteiger partial charge < -0.3 is 9.64 Å². The van der Waals surface area contributed by atoms with Gasteiger partial charge in [0, 0.05) is 7.05 Å². The van der Waals surface area contributed by atoms with E-state index in [1.54, 1.807) is 12.4 Å². The highest BCUT2D eigenvalue weighted by atomic mass is 16.5. The Morgan fingerprint density at radius 3 is 2.91 bits per heavy atom. The molecule has 11 heavy (non-hydrogen) atoms. The van der Waals surface area contributed by atoms with Gasteiger partial charge in [0.1, 0.15) is 5.69 Å². The summed E-state index contributed by atoms with van der Waals surface area (Å²) < 4.78 is 5.44. The predicted molar refractivity (Wildman–Crippen MR) is 40.5 cm³/mol. The van der Waals surface area contributed by atoms with Gasteiger partial charge in [0.25, 0.3) is 0 Å². The second-order valence-electron chi connectivity index (χ2n) is 2.57. The highest BCUT2D eigenvalue weighted by Crippen LogP contribution is 2.33. The molecule has 4 heteroatoms.